The summed E-state index contributed by atoms with van der Waals surface area (Å²) in [5.74, 6) is -3.50. The van der Waals surface area contributed by atoms with Crippen LogP contribution in [0, 0.1) is 20.2 Å². The average molecular weight is 309 g/mol. The van der Waals surface area contributed by atoms with E-state index in [2.05, 4.69) is 4.74 Å². The molecule has 0 aromatic heterocycles. The maximum absolute atomic E-state index is 11.8. The molecule has 2 unspecified atom stereocenters. The summed E-state index contributed by atoms with van der Waals surface area (Å²) in [6.07, 6.45) is -1.92. The predicted octanol–water partition coefficient (Wildman–Crippen LogP) is -0.578. The molecule has 1 aliphatic heterocycles. The van der Waals surface area contributed by atoms with Crippen LogP contribution < -0.4 is 5.32 Å². The Morgan fingerprint density at radius 2 is 1.86 bits per heavy atom. The first-order chi connectivity index (χ1) is 10.3. The summed E-state index contributed by atoms with van der Waals surface area (Å²) in [4.78, 5) is 54.1. The Balaban J connectivity index is 2.22. The van der Waals surface area contributed by atoms with Gasteiger partial charge in [0.1, 0.15) is 0 Å². The maximum atomic E-state index is 11.8. The largest absolute Gasteiger partial charge is 0.440 e. The number of nitrogens with zero attached hydrogens (tertiary/aromatic N) is 2. The number of ether oxygens (including phenoxy) is 1. The molecule has 1 aromatic carbocycles. The van der Waals surface area contributed by atoms with Crippen molar-refractivity contribution in [2.45, 2.75) is 12.1 Å². The van der Waals surface area contributed by atoms with Crippen LogP contribution in [0.5, 0.6) is 0 Å². The molecule has 2 amide bonds. The number of hydrogen-bond donors (Lipinski definition) is 1. The van der Waals surface area contributed by atoms with Crippen LogP contribution in [-0.2, 0) is 14.3 Å². The Morgan fingerprint density at radius 1 is 1.18 bits per heavy atom. The minimum atomic E-state index is -2.05. The number of carbonyl (C=O) groups is 3. The van der Waals surface area contributed by atoms with E-state index in [9.17, 15) is 34.6 Å². The monoisotopic (exact) mass is 309 g/mol. The zero-order valence-electron chi connectivity index (χ0n) is 10.6. The van der Waals surface area contributed by atoms with Gasteiger partial charge in [0.15, 0.2) is 0 Å². The normalized spacial score (nSPS) is 20.4. The standard InChI is InChI=1S/C11H7N3O8/c15-9-7(14(20)21)8(10(16)12-9)22-11(17)5-2-1-3-6(4-5)13(18)19/h1-4,7-8H,(H,12,15,16). The van der Waals surface area contributed by atoms with Gasteiger partial charge in [-0.2, -0.15) is 0 Å². The SMILES string of the molecule is O=C(OC1C(=O)NC(=O)C1[N+](=O)[O-])c1cccc([N+](=O)[O-])c1. The van der Waals surface area contributed by atoms with Crippen molar-refractivity contribution in [3.8, 4) is 0 Å². The molecule has 0 radical (unpaired) electrons. The molecular weight excluding hydrogens is 302 g/mol. The molecule has 1 fully saturated rings. The van der Waals surface area contributed by atoms with E-state index in [-0.39, 0.29) is 5.56 Å². The lowest BCUT2D eigenvalue weighted by atomic mass is 10.2. The van der Waals surface area contributed by atoms with Crippen molar-refractivity contribution in [1.29, 1.82) is 0 Å². The van der Waals surface area contributed by atoms with E-state index in [4.69, 9.17) is 0 Å². The third kappa shape index (κ3) is 2.72. The summed E-state index contributed by atoms with van der Waals surface area (Å²) in [7, 11) is 0. The lowest BCUT2D eigenvalue weighted by molar-refractivity contribution is -0.513. The molecule has 1 aromatic rings. The fourth-order valence-corrected chi connectivity index (χ4v) is 1.80. The van der Waals surface area contributed by atoms with Crippen molar-refractivity contribution in [1.82, 2.24) is 5.32 Å². The van der Waals surface area contributed by atoms with Gasteiger partial charge in [-0.15, -0.1) is 0 Å². The number of imide groups is 1. The van der Waals surface area contributed by atoms with Crippen LogP contribution >= 0.6 is 0 Å². The van der Waals surface area contributed by atoms with Crippen LogP contribution in [0.25, 0.3) is 0 Å². The highest BCUT2D eigenvalue weighted by atomic mass is 16.6. The van der Waals surface area contributed by atoms with Crippen LogP contribution in [0.1, 0.15) is 10.4 Å². The quantitative estimate of drug-likeness (QED) is 0.334. The number of nitrogens with one attached hydrogen (secondary N) is 1. The molecule has 2 rings (SSSR count). The lowest BCUT2D eigenvalue weighted by Crippen LogP contribution is -2.39. The average Bonchev–Trinajstić information content (AvgIpc) is 2.73. The summed E-state index contributed by atoms with van der Waals surface area (Å²) >= 11 is 0. The van der Waals surface area contributed by atoms with E-state index in [1.54, 1.807) is 5.32 Å². The van der Waals surface area contributed by atoms with Gasteiger partial charge in [0.05, 0.1) is 10.5 Å². The van der Waals surface area contributed by atoms with Crippen LogP contribution in [0.4, 0.5) is 5.69 Å². The number of non-ortho nitro benzene ring substituents is 1. The molecule has 22 heavy (non-hydrogen) atoms. The zero-order chi connectivity index (χ0) is 16.4. The molecular formula is C11H7N3O8. The summed E-state index contributed by atoms with van der Waals surface area (Å²) < 4.78 is 4.65. The number of nitro benzene ring substituents is 1. The van der Waals surface area contributed by atoms with Gasteiger partial charge in [-0.05, 0) is 6.07 Å². The molecule has 1 saturated heterocycles. The number of benzene rings is 1. The minimum absolute atomic E-state index is 0.275. The predicted molar refractivity (Wildman–Crippen MR) is 66.2 cm³/mol. The summed E-state index contributed by atoms with van der Waals surface area (Å²) in [6.45, 7) is 0. The number of nitro groups is 2. The first kappa shape index (κ1) is 15.0. The second-order valence-electron chi connectivity index (χ2n) is 4.22. The Bertz CT molecular complexity index is 700. The van der Waals surface area contributed by atoms with Gasteiger partial charge in [-0.1, -0.05) is 6.07 Å². The highest BCUT2D eigenvalue weighted by molar-refractivity contribution is 6.09. The molecule has 1 N–H and O–H groups in total. The smallest absolute Gasteiger partial charge is 0.339 e. The number of rotatable bonds is 4. The number of amides is 2. The van der Waals surface area contributed by atoms with E-state index in [1.165, 1.54) is 12.1 Å². The molecule has 11 heteroatoms. The van der Waals surface area contributed by atoms with Gasteiger partial charge < -0.3 is 4.74 Å². The van der Waals surface area contributed by atoms with Crippen LogP contribution in [0.15, 0.2) is 24.3 Å². The third-order valence-electron chi connectivity index (χ3n) is 2.81. The van der Waals surface area contributed by atoms with E-state index in [1.807, 2.05) is 0 Å². The Hall–Kier alpha value is -3.37. The van der Waals surface area contributed by atoms with Gasteiger partial charge in [0.2, 0.25) is 0 Å². The summed E-state index contributed by atoms with van der Waals surface area (Å²) in [6, 6.07) is 2.35. The van der Waals surface area contributed by atoms with Crippen LogP contribution in [0.2, 0.25) is 0 Å². The van der Waals surface area contributed by atoms with E-state index < -0.39 is 45.5 Å². The van der Waals surface area contributed by atoms with Gasteiger partial charge in [-0.3, -0.25) is 35.1 Å². The van der Waals surface area contributed by atoms with E-state index in [0.29, 0.717) is 0 Å². The van der Waals surface area contributed by atoms with Gasteiger partial charge in [-0.25, -0.2) is 4.79 Å². The van der Waals surface area contributed by atoms with Crippen molar-refractivity contribution in [3.63, 3.8) is 0 Å². The number of esters is 1. The molecule has 1 aliphatic rings. The second-order valence-corrected chi connectivity index (χ2v) is 4.22. The van der Waals surface area contributed by atoms with Gasteiger partial charge in [0.25, 0.3) is 17.7 Å². The number of carbonyl (C=O) groups excluding carboxylic acids is 3. The van der Waals surface area contributed by atoms with Crippen LogP contribution in [0.3, 0.4) is 0 Å². The second kappa shape index (κ2) is 5.55. The van der Waals surface area contributed by atoms with Gasteiger partial charge >= 0.3 is 17.9 Å². The first-order valence-corrected chi connectivity index (χ1v) is 5.75. The molecule has 11 nitrogen and oxygen atoms in total. The fourth-order valence-electron chi connectivity index (χ4n) is 1.80. The molecule has 0 spiro atoms. The van der Waals surface area contributed by atoms with Crippen molar-refractivity contribution in [3.05, 3.63) is 50.1 Å². The van der Waals surface area contributed by atoms with E-state index >= 15 is 0 Å². The van der Waals surface area contributed by atoms with Gasteiger partial charge in [0, 0.05) is 17.1 Å². The Labute approximate surface area is 121 Å². The highest BCUT2D eigenvalue weighted by Gasteiger charge is 2.53. The van der Waals surface area contributed by atoms with Crippen molar-refractivity contribution in [2.75, 3.05) is 0 Å². The van der Waals surface area contributed by atoms with E-state index in [0.717, 1.165) is 12.1 Å². The minimum Gasteiger partial charge on any atom is -0.440 e. The van der Waals surface area contributed by atoms with Crippen molar-refractivity contribution < 1.29 is 29.0 Å². The maximum Gasteiger partial charge on any atom is 0.339 e. The third-order valence-corrected chi connectivity index (χ3v) is 2.81. The topological polar surface area (TPSA) is 159 Å². The summed E-state index contributed by atoms with van der Waals surface area (Å²) in [5.41, 5.74) is -0.671. The Morgan fingerprint density at radius 3 is 2.45 bits per heavy atom. The zero-order valence-corrected chi connectivity index (χ0v) is 10.6. The molecule has 0 saturated carbocycles. The number of hydrogen-bond acceptors (Lipinski definition) is 8. The molecule has 0 bridgehead atoms. The van der Waals surface area contributed by atoms with Crippen molar-refractivity contribution in [2.24, 2.45) is 0 Å². The molecule has 1 heterocycles. The van der Waals surface area contributed by atoms with Crippen molar-refractivity contribution >= 4 is 23.5 Å². The molecule has 2 atom stereocenters. The molecule has 114 valence electrons. The van der Waals surface area contributed by atoms with Crippen LogP contribution in [-0.4, -0.2) is 39.8 Å². The summed E-state index contributed by atoms with van der Waals surface area (Å²) in [5, 5.41) is 23.0. The lowest BCUT2D eigenvalue weighted by Gasteiger charge is -2.10. The fraction of sp³-hybridized carbons (Fsp3) is 0.182. The highest BCUT2D eigenvalue weighted by Crippen LogP contribution is 2.17. The Kier molecular flexibility index (Phi) is 3.79. The molecule has 0 aliphatic carbocycles. The first-order valence-electron chi connectivity index (χ1n) is 5.75.